The van der Waals surface area contributed by atoms with Crippen LogP contribution in [0.25, 0.3) is 0 Å². The third-order valence-electron chi connectivity index (χ3n) is 2.70. The maximum Gasteiger partial charge on any atom is 0.324 e. The van der Waals surface area contributed by atoms with Gasteiger partial charge in [0.05, 0.1) is 5.75 Å². The smallest absolute Gasteiger partial charge is 0.324 e. The lowest BCUT2D eigenvalue weighted by Crippen LogP contribution is -2.51. The molecule has 0 aliphatic carbocycles. The van der Waals surface area contributed by atoms with Gasteiger partial charge in [0.2, 0.25) is 10.0 Å². The van der Waals surface area contributed by atoms with E-state index in [-0.39, 0.29) is 12.3 Å². The minimum atomic E-state index is -3.53. The van der Waals surface area contributed by atoms with Crippen LogP contribution in [0.4, 0.5) is 0 Å². The van der Waals surface area contributed by atoms with Crippen LogP contribution in [0.2, 0.25) is 0 Å². The molecule has 1 fully saturated rings. The Morgan fingerprint density at radius 3 is 2.73 bits per heavy atom. The number of carboxylic acids is 1. The number of rotatable bonds is 4. The van der Waals surface area contributed by atoms with E-state index in [9.17, 15) is 13.2 Å². The van der Waals surface area contributed by atoms with E-state index in [1.165, 1.54) is 13.0 Å². The zero-order valence-corrected chi connectivity index (χ0v) is 9.46. The molecule has 1 atom stereocenters. The third-order valence-corrected chi connectivity index (χ3v) is 4.61. The molecule has 1 aliphatic heterocycles. The minimum Gasteiger partial charge on any atom is -0.480 e. The van der Waals surface area contributed by atoms with E-state index in [2.05, 4.69) is 6.58 Å². The Kier molecular flexibility index (Phi) is 3.20. The standard InChI is InChI=1S/C9H15NO4S/c1-3-7-15(13,14)10-6-4-5-9(10,2)8(11)12/h3H,1,4-7H2,2H3,(H,11,12). The molecule has 1 N–H and O–H groups in total. The van der Waals surface area contributed by atoms with Crippen LogP contribution in [-0.4, -0.2) is 41.6 Å². The molecule has 0 aromatic heterocycles. The van der Waals surface area contributed by atoms with Crippen LogP contribution >= 0.6 is 0 Å². The molecule has 1 heterocycles. The summed E-state index contributed by atoms with van der Waals surface area (Å²) in [7, 11) is -3.53. The van der Waals surface area contributed by atoms with Crippen molar-refractivity contribution in [3.63, 3.8) is 0 Å². The lowest BCUT2D eigenvalue weighted by atomic mass is 10.0. The fourth-order valence-corrected chi connectivity index (χ4v) is 3.51. The molecule has 1 rings (SSSR count). The van der Waals surface area contributed by atoms with Crippen LogP contribution in [0.5, 0.6) is 0 Å². The van der Waals surface area contributed by atoms with Crippen molar-refractivity contribution in [1.82, 2.24) is 4.31 Å². The maximum atomic E-state index is 11.7. The van der Waals surface area contributed by atoms with Gasteiger partial charge < -0.3 is 5.11 Å². The Morgan fingerprint density at radius 2 is 2.27 bits per heavy atom. The van der Waals surface area contributed by atoms with E-state index in [1.54, 1.807) is 0 Å². The summed E-state index contributed by atoms with van der Waals surface area (Å²) in [5.41, 5.74) is -1.29. The zero-order chi connectivity index (χ0) is 11.7. The van der Waals surface area contributed by atoms with Gasteiger partial charge in [-0.25, -0.2) is 8.42 Å². The van der Waals surface area contributed by atoms with Crippen LogP contribution in [-0.2, 0) is 14.8 Å². The molecule has 86 valence electrons. The molecule has 1 aliphatic rings. The Bertz CT molecular complexity index is 376. The van der Waals surface area contributed by atoms with Crippen LogP contribution in [0.15, 0.2) is 12.7 Å². The summed E-state index contributed by atoms with van der Waals surface area (Å²) in [5.74, 6) is -1.30. The van der Waals surface area contributed by atoms with Gasteiger partial charge in [-0.2, -0.15) is 4.31 Å². The summed E-state index contributed by atoms with van der Waals surface area (Å²) in [4.78, 5) is 11.1. The fourth-order valence-electron chi connectivity index (χ4n) is 1.84. The Balaban J connectivity index is 3.05. The molecule has 0 spiro atoms. The molecule has 0 saturated carbocycles. The summed E-state index contributed by atoms with van der Waals surface area (Å²) in [5, 5.41) is 9.04. The average molecular weight is 233 g/mol. The highest BCUT2D eigenvalue weighted by Crippen LogP contribution is 2.32. The summed E-state index contributed by atoms with van der Waals surface area (Å²) in [6.45, 7) is 5.08. The molecule has 1 unspecified atom stereocenters. The molecule has 1 saturated heterocycles. The summed E-state index contributed by atoms with van der Waals surface area (Å²) in [6, 6.07) is 0. The average Bonchev–Trinajstić information content (AvgIpc) is 2.49. The Labute approximate surface area is 89.4 Å². The first-order chi connectivity index (χ1) is 6.84. The van der Waals surface area contributed by atoms with Crippen molar-refractivity contribution in [3.05, 3.63) is 12.7 Å². The van der Waals surface area contributed by atoms with E-state index in [0.29, 0.717) is 12.8 Å². The van der Waals surface area contributed by atoms with Gasteiger partial charge in [-0.15, -0.1) is 6.58 Å². The molecule has 5 nitrogen and oxygen atoms in total. The van der Waals surface area contributed by atoms with Gasteiger partial charge in [0.1, 0.15) is 5.54 Å². The van der Waals surface area contributed by atoms with Crippen LogP contribution in [0.3, 0.4) is 0 Å². The molecular weight excluding hydrogens is 218 g/mol. The normalized spacial score (nSPS) is 27.8. The summed E-state index contributed by atoms with van der Waals surface area (Å²) in [6.07, 6.45) is 2.22. The topological polar surface area (TPSA) is 74.7 Å². The Morgan fingerprint density at radius 1 is 1.67 bits per heavy atom. The van der Waals surface area contributed by atoms with E-state index in [1.807, 2.05) is 0 Å². The number of aliphatic carboxylic acids is 1. The molecular formula is C9H15NO4S. The second kappa shape index (κ2) is 3.94. The number of sulfonamides is 1. The van der Waals surface area contributed by atoms with Crippen molar-refractivity contribution in [2.24, 2.45) is 0 Å². The van der Waals surface area contributed by atoms with Crippen molar-refractivity contribution < 1.29 is 18.3 Å². The SMILES string of the molecule is C=CCS(=O)(=O)N1CCCC1(C)C(=O)O. The van der Waals surface area contributed by atoms with Gasteiger partial charge in [0, 0.05) is 6.54 Å². The number of nitrogens with zero attached hydrogens (tertiary/aromatic N) is 1. The first-order valence-corrected chi connectivity index (χ1v) is 6.30. The molecule has 0 aromatic rings. The molecule has 0 aromatic carbocycles. The highest BCUT2D eigenvalue weighted by Gasteiger charge is 2.48. The predicted molar refractivity (Wildman–Crippen MR) is 56.0 cm³/mol. The van der Waals surface area contributed by atoms with Crippen molar-refractivity contribution in [3.8, 4) is 0 Å². The lowest BCUT2D eigenvalue weighted by Gasteiger charge is -2.29. The van der Waals surface area contributed by atoms with E-state index in [4.69, 9.17) is 5.11 Å². The summed E-state index contributed by atoms with van der Waals surface area (Å²) >= 11 is 0. The van der Waals surface area contributed by atoms with Gasteiger partial charge >= 0.3 is 5.97 Å². The molecule has 0 amide bonds. The minimum absolute atomic E-state index is 0.212. The van der Waals surface area contributed by atoms with Gasteiger partial charge in [-0.1, -0.05) is 6.08 Å². The maximum absolute atomic E-state index is 11.7. The van der Waals surface area contributed by atoms with Crippen molar-refractivity contribution in [2.75, 3.05) is 12.3 Å². The second-order valence-electron chi connectivity index (χ2n) is 3.82. The van der Waals surface area contributed by atoms with E-state index >= 15 is 0 Å². The van der Waals surface area contributed by atoms with Gasteiger partial charge in [-0.05, 0) is 19.8 Å². The van der Waals surface area contributed by atoms with Crippen LogP contribution < -0.4 is 0 Å². The summed E-state index contributed by atoms with van der Waals surface area (Å²) < 4.78 is 24.6. The van der Waals surface area contributed by atoms with Crippen molar-refractivity contribution in [2.45, 2.75) is 25.3 Å². The largest absolute Gasteiger partial charge is 0.480 e. The number of hydrogen-bond acceptors (Lipinski definition) is 3. The van der Waals surface area contributed by atoms with Crippen LogP contribution in [0.1, 0.15) is 19.8 Å². The zero-order valence-electron chi connectivity index (χ0n) is 8.64. The molecule has 6 heteroatoms. The van der Waals surface area contributed by atoms with E-state index in [0.717, 1.165) is 4.31 Å². The van der Waals surface area contributed by atoms with Crippen molar-refractivity contribution >= 4 is 16.0 Å². The van der Waals surface area contributed by atoms with Crippen LogP contribution in [0, 0.1) is 0 Å². The first kappa shape index (κ1) is 12.2. The monoisotopic (exact) mass is 233 g/mol. The first-order valence-electron chi connectivity index (χ1n) is 4.69. The number of hydrogen-bond donors (Lipinski definition) is 1. The fraction of sp³-hybridized carbons (Fsp3) is 0.667. The van der Waals surface area contributed by atoms with Gasteiger partial charge in [0.15, 0.2) is 0 Å². The Hall–Kier alpha value is -0.880. The third kappa shape index (κ3) is 2.05. The highest BCUT2D eigenvalue weighted by molar-refractivity contribution is 7.89. The molecule has 0 radical (unpaired) electrons. The quantitative estimate of drug-likeness (QED) is 0.715. The predicted octanol–water partition coefficient (Wildman–Crippen LogP) is 0.441. The highest BCUT2D eigenvalue weighted by atomic mass is 32.2. The molecule has 15 heavy (non-hydrogen) atoms. The molecule has 0 bridgehead atoms. The second-order valence-corrected chi connectivity index (χ2v) is 5.76. The van der Waals surface area contributed by atoms with Crippen molar-refractivity contribution in [1.29, 1.82) is 0 Å². The van der Waals surface area contributed by atoms with Gasteiger partial charge in [0.25, 0.3) is 0 Å². The van der Waals surface area contributed by atoms with Gasteiger partial charge in [-0.3, -0.25) is 4.79 Å². The van der Waals surface area contributed by atoms with E-state index < -0.39 is 21.5 Å². The number of carbonyl (C=O) groups is 1. The number of carboxylic acid groups (broad SMARTS) is 1. The lowest BCUT2D eigenvalue weighted by molar-refractivity contribution is -0.146.